The van der Waals surface area contributed by atoms with Crippen molar-refractivity contribution >= 4 is 73.8 Å². The Morgan fingerprint density at radius 2 is 1.91 bits per heavy atom. The molecule has 8 unspecified atom stereocenters. The van der Waals surface area contributed by atoms with Crippen molar-refractivity contribution in [3.05, 3.63) is 71.2 Å². The van der Waals surface area contributed by atoms with Crippen LogP contribution in [0.2, 0.25) is 0 Å². The smallest absolute Gasteiger partial charge is 0.411 e. The highest BCUT2D eigenvalue weighted by atomic mass is 32.2. The molecule has 0 radical (unpaired) electrons. The lowest BCUT2D eigenvalue weighted by Crippen LogP contribution is -2.68. The van der Waals surface area contributed by atoms with Gasteiger partial charge in [0.2, 0.25) is 5.78 Å². The first-order valence-corrected chi connectivity index (χ1v) is 23.8. The minimum atomic E-state index is -1.80. The molecule has 2 aromatic heterocycles. The molecule has 3 aliphatic rings. The van der Waals surface area contributed by atoms with Crippen molar-refractivity contribution in [2.24, 2.45) is 0 Å². The molecule has 2 fully saturated rings. The van der Waals surface area contributed by atoms with E-state index in [0.717, 1.165) is 41.5 Å². The van der Waals surface area contributed by atoms with Gasteiger partial charge < -0.3 is 54.7 Å². The number of nitrogens with zero attached hydrogens (tertiary/aromatic N) is 1. The summed E-state index contributed by atoms with van der Waals surface area (Å²) in [6.45, 7) is 8.83. The van der Waals surface area contributed by atoms with E-state index in [1.54, 1.807) is 51.5 Å². The second-order valence-corrected chi connectivity index (χ2v) is 18.6. The Bertz CT molecular complexity index is 2570. The van der Waals surface area contributed by atoms with Crippen LogP contribution in [0.25, 0.3) is 21.8 Å². The summed E-state index contributed by atoms with van der Waals surface area (Å²) in [4.78, 5) is 61.8. The van der Waals surface area contributed by atoms with Crippen LogP contribution in [0.3, 0.4) is 0 Å². The Balaban J connectivity index is 1.50. The topological polar surface area (TPSA) is 243 Å². The first kappa shape index (κ1) is 51.4. The fourth-order valence-electron chi connectivity index (χ4n) is 8.54. The summed E-state index contributed by atoms with van der Waals surface area (Å²) < 4.78 is 35.4. The van der Waals surface area contributed by atoms with Gasteiger partial charge in [-0.15, -0.1) is 17.7 Å². The molecule has 4 heterocycles. The molecule has 7 N–H and O–H groups in total. The molecule has 0 saturated carbocycles. The van der Waals surface area contributed by atoms with Crippen LogP contribution in [0, 0.1) is 23.7 Å². The summed E-state index contributed by atoms with van der Waals surface area (Å²) >= 11 is 2.01. The quantitative estimate of drug-likeness (QED) is 0.0749. The summed E-state index contributed by atoms with van der Waals surface area (Å²) in [5.41, 5.74) is 7.65. The number of H-pyrrole nitrogens is 1. The fourth-order valence-corrected chi connectivity index (χ4v) is 10.1. The van der Waals surface area contributed by atoms with E-state index in [1.165, 1.54) is 25.3 Å². The van der Waals surface area contributed by atoms with Crippen LogP contribution in [0.5, 0.6) is 0 Å². The zero-order valence-electron chi connectivity index (χ0n) is 38.5. The van der Waals surface area contributed by atoms with E-state index in [4.69, 9.17) is 34.2 Å². The molecule has 6 rings (SSSR count). The van der Waals surface area contributed by atoms with Crippen LogP contribution >= 0.6 is 23.5 Å². The first-order chi connectivity index (χ1) is 32.1. The summed E-state index contributed by atoms with van der Waals surface area (Å²) in [5, 5.41) is 31.6. The van der Waals surface area contributed by atoms with Gasteiger partial charge in [-0.3, -0.25) is 24.7 Å². The maximum atomic E-state index is 15.3. The molecular weight excluding hydrogens is 903 g/mol. The number of aromatic amines is 1. The van der Waals surface area contributed by atoms with E-state index in [2.05, 4.69) is 44.3 Å². The number of ether oxygens (including phenoxy) is 6. The van der Waals surface area contributed by atoms with Crippen LogP contribution in [0.4, 0.5) is 10.5 Å². The number of amides is 1. The van der Waals surface area contributed by atoms with Crippen molar-refractivity contribution in [1.82, 2.24) is 20.6 Å². The van der Waals surface area contributed by atoms with Crippen molar-refractivity contribution in [3.63, 3.8) is 0 Å². The number of aliphatic hydroxyl groups is 2. The molecule has 17 nitrogen and oxygen atoms in total. The molecule has 1 amide bonds. The summed E-state index contributed by atoms with van der Waals surface area (Å²) in [6.07, 6.45) is -3.88. The number of hydrogen-bond donors (Lipinski definition) is 6. The number of nitrogens with one attached hydrogen (secondary N) is 3. The van der Waals surface area contributed by atoms with Gasteiger partial charge in [-0.05, 0) is 62.1 Å². The van der Waals surface area contributed by atoms with Gasteiger partial charge in [-0.1, -0.05) is 49.4 Å². The highest BCUT2D eigenvalue weighted by Gasteiger charge is 2.61. The van der Waals surface area contributed by atoms with E-state index in [0.29, 0.717) is 16.6 Å². The molecule has 2 saturated heterocycles. The molecule has 3 aromatic rings. The van der Waals surface area contributed by atoms with Crippen molar-refractivity contribution in [2.75, 3.05) is 38.6 Å². The Morgan fingerprint density at radius 3 is 2.60 bits per heavy atom. The van der Waals surface area contributed by atoms with E-state index in [1.807, 2.05) is 19.9 Å². The maximum absolute atomic E-state index is 15.3. The molecule has 19 heteroatoms. The van der Waals surface area contributed by atoms with Gasteiger partial charge in [0.25, 0.3) is 0 Å². The third-order valence-corrected chi connectivity index (χ3v) is 13.8. The Hall–Kier alpha value is -5.03. The number of thioether (sulfide) groups is 2. The molecule has 1 aromatic carbocycles. The van der Waals surface area contributed by atoms with E-state index in [-0.39, 0.29) is 58.5 Å². The predicted molar refractivity (Wildman–Crippen MR) is 256 cm³/mol. The largest absolute Gasteiger partial charge is 0.453 e. The van der Waals surface area contributed by atoms with Gasteiger partial charge >= 0.3 is 6.09 Å². The highest BCUT2D eigenvalue weighted by Crippen LogP contribution is 2.46. The monoisotopic (exact) mass is 959 g/mol. The zero-order valence-corrected chi connectivity index (χ0v) is 40.2. The number of hydrogen-bond acceptors (Lipinski definition) is 17. The molecule has 0 spiro atoms. The number of carbonyl (C=O) groups excluding carboxylic acids is 4. The molecule has 2 aliphatic heterocycles. The lowest BCUT2D eigenvalue weighted by atomic mass is 9.82. The number of Topliss-reactive ketones (excluding diaryl/α,β-unsaturated/α-hetero) is 2. The Labute approximate surface area is 397 Å². The molecular formula is C48H57N5O12S2. The Morgan fingerprint density at radius 1 is 1.15 bits per heavy atom. The fraction of sp³-hybridized carbons (Fsp3) is 0.479. The molecule has 358 valence electrons. The van der Waals surface area contributed by atoms with Crippen LogP contribution < -0.4 is 16.4 Å². The van der Waals surface area contributed by atoms with Gasteiger partial charge in [0.15, 0.2) is 23.5 Å². The number of nitrogens with two attached hydrogens (primary N) is 1. The number of aliphatic hydroxyl groups excluding tert-OH is 2. The molecule has 1 aliphatic carbocycles. The number of carbonyl (C=O) groups is 4. The van der Waals surface area contributed by atoms with E-state index < -0.39 is 78.0 Å². The van der Waals surface area contributed by atoms with Crippen molar-refractivity contribution in [1.29, 1.82) is 0 Å². The van der Waals surface area contributed by atoms with Gasteiger partial charge in [0.1, 0.15) is 28.8 Å². The third-order valence-electron chi connectivity index (χ3n) is 11.6. The number of benzene rings is 1. The number of anilines is 1. The molecule has 0 bridgehead atoms. The number of nitrogen functional groups attached to an aromatic ring is 1. The normalized spacial score (nSPS) is 27.7. The number of ketones is 2. The average molecular weight is 960 g/mol. The SMILES string of the molecule is CC#C/C=C\C#C[C@H](OC1OC(C)C(SC)(C(=O)c2nccc3c2[nH]c2ccc(N)cc23)C(O)C1OC1CC(OC)C(NC(C)C)CO1)C1=C(NC(=O)OC)C(=O)C[C@H](O)/C1=C/CSC(C)=O. The number of pyridine rings is 1. The van der Waals surface area contributed by atoms with Crippen molar-refractivity contribution < 1.29 is 57.8 Å². The lowest BCUT2D eigenvalue weighted by Gasteiger charge is -2.51. The maximum Gasteiger partial charge on any atom is 0.411 e. The summed E-state index contributed by atoms with van der Waals surface area (Å²) in [6, 6.07) is 7.03. The average Bonchev–Trinajstić information content (AvgIpc) is 3.66. The molecule has 10 atom stereocenters. The van der Waals surface area contributed by atoms with Crippen LogP contribution in [0.1, 0.15) is 57.9 Å². The number of allylic oxidation sites excluding steroid dienone is 3. The first-order valence-electron chi connectivity index (χ1n) is 21.6. The highest BCUT2D eigenvalue weighted by molar-refractivity contribution is 8.13. The predicted octanol–water partition coefficient (Wildman–Crippen LogP) is 4.32. The lowest BCUT2D eigenvalue weighted by molar-refractivity contribution is -0.323. The van der Waals surface area contributed by atoms with Gasteiger partial charge in [0.05, 0.1) is 49.3 Å². The van der Waals surface area contributed by atoms with Gasteiger partial charge in [0, 0.05) is 72.4 Å². The van der Waals surface area contributed by atoms with Crippen LogP contribution in [-0.4, -0.2) is 142 Å². The van der Waals surface area contributed by atoms with Gasteiger partial charge in [-0.25, -0.2) is 4.79 Å². The Kier molecular flexibility index (Phi) is 17.5. The number of rotatable bonds is 14. The van der Waals surface area contributed by atoms with Crippen molar-refractivity contribution in [3.8, 4) is 23.7 Å². The standard InChI is InChI=1S/C48H57N5O12S2/c1-9-10-11-12-13-14-36(39-30(18-20-67-27(5)54)34(55)22-35(56)41(39)53-47(59)61-7)64-46-43(65-38-23-37(60-6)33(24-62-38)51-25(2)3)45(58)48(66-8,26(4)63-46)44(57)42-40-29(17-19-50-42)31-21-28(49)15-16-32(31)52-40/h11-12,15-19,21,25-26,33-34,36-38,43,45-46,51-52,55,58H,20,22-24,49H2,1-8H3,(H,53,59)/b12-11-,30-18-/t26?,33?,34-,36-,37?,38?,43?,45?,46?,48?/m0/s1. The minimum Gasteiger partial charge on any atom is -0.453 e. The van der Waals surface area contributed by atoms with E-state index >= 15 is 4.79 Å². The third kappa shape index (κ3) is 11.3. The second-order valence-electron chi connectivity index (χ2n) is 16.3. The molecule has 67 heavy (non-hydrogen) atoms. The van der Waals surface area contributed by atoms with Crippen LogP contribution in [-0.2, 0) is 38.0 Å². The zero-order chi connectivity index (χ0) is 48.6. The van der Waals surface area contributed by atoms with Crippen LogP contribution in [0.15, 0.2) is 65.5 Å². The number of fused-ring (bicyclic) bond motifs is 3. The minimum absolute atomic E-state index is 0.0347. The number of aromatic nitrogens is 2. The van der Waals surface area contributed by atoms with Gasteiger partial charge in [-0.2, -0.15) is 0 Å². The summed E-state index contributed by atoms with van der Waals surface area (Å²) in [7, 11) is 2.70. The van der Waals surface area contributed by atoms with Crippen molar-refractivity contribution in [2.45, 2.75) is 113 Å². The summed E-state index contributed by atoms with van der Waals surface area (Å²) in [5.74, 6) is 10.2. The number of methoxy groups -OCH3 is 2. The number of alkyl carbamates (subject to hydrolysis) is 1. The van der Waals surface area contributed by atoms with E-state index in [9.17, 15) is 24.6 Å². The second kappa shape index (κ2) is 22.8.